The first-order chi connectivity index (χ1) is 18.8. The molecule has 0 aromatic rings. The molecule has 0 saturated carbocycles. The zero-order valence-corrected chi connectivity index (χ0v) is 24.4. The zero-order valence-electron chi connectivity index (χ0n) is 23.6. The second kappa shape index (κ2) is 24.9. The molecule has 0 aliphatic carbocycles. The topological polar surface area (TPSA) is 182 Å². The van der Waals surface area contributed by atoms with E-state index < -0.39 is 51.0 Å². The van der Waals surface area contributed by atoms with Gasteiger partial charge in [0.1, 0.15) is 0 Å². The van der Waals surface area contributed by atoms with E-state index in [0.29, 0.717) is 25.7 Å². The van der Waals surface area contributed by atoms with E-state index >= 15 is 0 Å². The Kier molecular flexibility index (Phi) is 27.2. The van der Waals surface area contributed by atoms with Crippen molar-refractivity contribution in [1.29, 1.82) is 0 Å². The van der Waals surface area contributed by atoms with Gasteiger partial charge < -0.3 is 19.7 Å². The van der Waals surface area contributed by atoms with Crippen LogP contribution in [0.4, 0.5) is 0 Å². The molecular formula is C28H48Na2O11S. The minimum atomic E-state index is -5.79. The summed E-state index contributed by atoms with van der Waals surface area (Å²) < 4.78 is 39.4. The molecule has 0 heterocycles. The van der Waals surface area contributed by atoms with Gasteiger partial charge in [-0.1, -0.05) is 70.4 Å². The van der Waals surface area contributed by atoms with Crippen LogP contribution in [-0.4, -0.2) is 117 Å². The number of carbonyl (C=O) groups excluding carboxylic acids is 4. The number of carbonyl (C=O) groups is 4. The third-order valence-electron chi connectivity index (χ3n) is 6.61. The molecule has 0 radical (unpaired) electrons. The van der Waals surface area contributed by atoms with Crippen molar-refractivity contribution in [1.82, 2.24) is 0 Å². The first-order valence-electron chi connectivity index (χ1n) is 14.0. The molecule has 3 N–H and O–H groups in total. The molecule has 0 amide bonds. The number of ether oxygens (including phenoxy) is 2. The average Bonchev–Trinajstić information content (AvgIpc) is 2.86. The van der Waals surface area contributed by atoms with E-state index in [1.807, 2.05) is 12.2 Å². The molecule has 0 aromatic heterocycles. The van der Waals surface area contributed by atoms with Gasteiger partial charge in [-0.25, -0.2) is 9.59 Å². The molecule has 0 fully saturated rings. The van der Waals surface area contributed by atoms with Crippen molar-refractivity contribution in [3.63, 3.8) is 0 Å². The normalized spacial score (nSPS) is 12.6. The number of esters is 4. The van der Waals surface area contributed by atoms with Crippen molar-refractivity contribution >= 4 is 93.1 Å². The van der Waals surface area contributed by atoms with E-state index in [1.165, 1.54) is 0 Å². The Morgan fingerprint density at radius 1 is 0.667 bits per heavy atom. The van der Waals surface area contributed by atoms with Gasteiger partial charge in [-0.3, -0.25) is 14.1 Å². The van der Waals surface area contributed by atoms with Crippen LogP contribution in [0, 0.1) is 0 Å². The summed E-state index contributed by atoms with van der Waals surface area (Å²) in [5.41, 5.74) is 0. The molecule has 42 heavy (non-hydrogen) atoms. The van der Waals surface area contributed by atoms with Crippen LogP contribution in [0.15, 0.2) is 25.3 Å². The van der Waals surface area contributed by atoms with Crippen LogP contribution >= 0.6 is 0 Å². The number of rotatable bonds is 23. The van der Waals surface area contributed by atoms with E-state index in [1.54, 1.807) is 0 Å². The van der Waals surface area contributed by atoms with Crippen molar-refractivity contribution in [2.45, 2.75) is 127 Å². The Morgan fingerprint density at radius 3 is 1.33 bits per heavy atom. The summed E-state index contributed by atoms with van der Waals surface area (Å²) >= 11 is 0. The summed E-state index contributed by atoms with van der Waals surface area (Å²) in [7, 11) is -5.79. The van der Waals surface area contributed by atoms with Crippen LogP contribution < -0.4 is 0 Å². The average molecular weight is 639 g/mol. The van der Waals surface area contributed by atoms with Crippen molar-refractivity contribution in [3.05, 3.63) is 25.3 Å². The molecule has 1 unspecified atom stereocenters. The predicted octanol–water partition coefficient (Wildman–Crippen LogP) is 3.16. The second-order valence-corrected chi connectivity index (χ2v) is 11.4. The fraction of sp³-hybridized carbons (Fsp3) is 0.714. The summed E-state index contributed by atoms with van der Waals surface area (Å²) in [6.07, 6.45) is 13.2. The third-order valence-corrected chi connectivity index (χ3v) is 8.23. The van der Waals surface area contributed by atoms with Crippen LogP contribution in [-0.2, 0) is 38.8 Å². The van der Waals surface area contributed by atoms with Gasteiger partial charge in [0.2, 0.25) is 0 Å². The number of unbranched alkanes of at least 4 members (excludes halogenated alkanes) is 12. The van der Waals surface area contributed by atoms with E-state index in [4.69, 9.17) is 0 Å². The number of hydrogen-bond donors (Lipinski definition) is 3. The Bertz CT molecular complexity index is 952. The number of hydrogen-bond acceptors (Lipinski definition) is 10. The zero-order chi connectivity index (χ0) is 30.7. The molecule has 1 atom stereocenters. The van der Waals surface area contributed by atoms with Gasteiger partial charge in [-0.05, 0) is 44.9 Å². The molecule has 11 nitrogen and oxygen atoms in total. The van der Waals surface area contributed by atoms with E-state index in [2.05, 4.69) is 22.6 Å². The number of aliphatic hydroxyl groups is 2. The van der Waals surface area contributed by atoms with Crippen molar-refractivity contribution < 1.29 is 51.8 Å². The monoisotopic (exact) mass is 638 g/mol. The fourth-order valence-corrected chi connectivity index (χ4v) is 5.22. The van der Waals surface area contributed by atoms with Crippen LogP contribution in [0.1, 0.15) is 116 Å². The quantitative estimate of drug-likeness (QED) is 0.0284. The SMILES string of the molecule is C=CCCCCCCCCC(=O)OC(=O)C(O)(O)C(CC)(C(=O)OC(=O)CCCCCCCCC=C)S(=O)(=O)O.[NaH].[NaH]. The van der Waals surface area contributed by atoms with Crippen molar-refractivity contribution in [3.8, 4) is 0 Å². The van der Waals surface area contributed by atoms with Gasteiger partial charge in [0.05, 0.1) is 0 Å². The van der Waals surface area contributed by atoms with Gasteiger partial charge in [0, 0.05) is 12.8 Å². The summed E-state index contributed by atoms with van der Waals surface area (Å²) in [5, 5.41) is 20.9. The first-order valence-corrected chi connectivity index (χ1v) is 15.4. The van der Waals surface area contributed by atoms with Crippen LogP contribution in [0.3, 0.4) is 0 Å². The van der Waals surface area contributed by atoms with Gasteiger partial charge in [-0.2, -0.15) is 8.42 Å². The molecular weight excluding hydrogens is 590 g/mol. The molecule has 0 saturated heterocycles. The van der Waals surface area contributed by atoms with E-state index in [9.17, 15) is 42.4 Å². The molecule has 0 aliphatic heterocycles. The van der Waals surface area contributed by atoms with E-state index in [-0.39, 0.29) is 72.0 Å². The Morgan fingerprint density at radius 2 is 1.00 bits per heavy atom. The van der Waals surface area contributed by atoms with Crippen molar-refractivity contribution in [2.75, 3.05) is 0 Å². The van der Waals surface area contributed by atoms with Crippen LogP contribution in [0.2, 0.25) is 0 Å². The second-order valence-electron chi connectivity index (χ2n) is 9.75. The molecule has 0 bridgehead atoms. The minimum absolute atomic E-state index is 0. The molecule has 14 heteroatoms. The summed E-state index contributed by atoms with van der Waals surface area (Å²) in [6, 6.07) is 0. The third kappa shape index (κ3) is 16.1. The summed E-state index contributed by atoms with van der Waals surface area (Å²) in [4.78, 5) is 49.5. The molecule has 0 aromatic carbocycles. The fourth-order valence-electron chi connectivity index (χ4n) is 4.16. The van der Waals surface area contributed by atoms with Crippen LogP contribution in [0.5, 0.6) is 0 Å². The van der Waals surface area contributed by atoms with Gasteiger partial charge >= 0.3 is 83.0 Å². The van der Waals surface area contributed by atoms with E-state index in [0.717, 1.165) is 71.1 Å². The summed E-state index contributed by atoms with van der Waals surface area (Å²) in [5.74, 6) is -10.9. The standard InChI is InChI=1S/C28H46O11S.2Na.2H/c1-4-7-9-11-13-15-17-19-21-23(29)38-25(31)27(6-3,40(35,36)37)28(33,34)26(32)39-24(30)22-20-18-16-14-12-10-8-5-2;;;;/h4-5,33-34H,1-2,6-22H2,3H3,(H,35,36,37);;;;. The summed E-state index contributed by atoms with van der Waals surface area (Å²) in [6.45, 7) is 8.23. The molecule has 0 aliphatic rings. The maximum atomic E-state index is 12.8. The van der Waals surface area contributed by atoms with Gasteiger partial charge in [0.25, 0.3) is 20.7 Å². The van der Waals surface area contributed by atoms with Gasteiger partial charge in [0.15, 0.2) is 0 Å². The van der Waals surface area contributed by atoms with Gasteiger partial charge in [-0.15, -0.1) is 13.2 Å². The van der Waals surface area contributed by atoms with Crippen molar-refractivity contribution in [2.24, 2.45) is 0 Å². The Balaban J connectivity index is -0.00000760. The first kappa shape index (κ1) is 46.0. The molecule has 0 rings (SSSR count). The maximum absolute atomic E-state index is 12.8. The Labute approximate surface area is 294 Å². The predicted molar refractivity (Wildman–Crippen MR) is 163 cm³/mol. The van der Waals surface area contributed by atoms with Crippen LogP contribution in [0.25, 0.3) is 0 Å². The Hall–Kier alpha value is -0.410. The molecule has 0 spiro atoms. The molecule has 234 valence electrons. The number of allylic oxidation sites excluding steroid dienone is 2.